The largest absolute Gasteiger partial charge is 0.358 e. The van der Waals surface area contributed by atoms with E-state index in [1.165, 1.54) is 11.3 Å². The molecule has 0 bridgehead atoms. The summed E-state index contributed by atoms with van der Waals surface area (Å²) in [4.78, 5) is 7.49. The summed E-state index contributed by atoms with van der Waals surface area (Å²) < 4.78 is 0.817. The Hall–Kier alpha value is -1.57. The van der Waals surface area contributed by atoms with Gasteiger partial charge in [0.25, 0.3) is 0 Å². The van der Waals surface area contributed by atoms with Crippen LogP contribution < -0.4 is 10.6 Å². The molecule has 0 saturated carbocycles. The molecule has 0 aliphatic rings. The average molecular weight is 295 g/mol. The molecule has 0 aliphatic carbocycles. The van der Waals surface area contributed by atoms with Crippen LogP contribution in [0.1, 0.15) is 0 Å². The van der Waals surface area contributed by atoms with Crippen molar-refractivity contribution in [1.29, 1.82) is 0 Å². The normalized spacial score (nSPS) is 11.3. The van der Waals surface area contributed by atoms with Crippen LogP contribution >= 0.6 is 22.9 Å². The average Bonchev–Trinajstić information content (AvgIpc) is 2.78. The minimum atomic E-state index is 0.366. The quantitative estimate of drug-likeness (QED) is 0.791. The molecule has 0 aromatic carbocycles. The molecule has 0 spiro atoms. The number of nitrogens with zero attached hydrogens (tertiary/aromatic N) is 5. The molecule has 3 heterocycles. The fraction of sp³-hybridized carbons (Fsp3) is 0.273. The monoisotopic (exact) mass is 294 g/mol. The first-order valence-electron chi connectivity index (χ1n) is 5.70. The fourth-order valence-electron chi connectivity index (χ4n) is 1.87. The van der Waals surface area contributed by atoms with Gasteiger partial charge in [0.05, 0.1) is 4.70 Å². The zero-order chi connectivity index (χ0) is 13.4. The van der Waals surface area contributed by atoms with Crippen molar-refractivity contribution in [2.75, 3.05) is 25.0 Å². The van der Waals surface area contributed by atoms with Gasteiger partial charge in [0.1, 0.15) is 16.2 Å². The number of nitrogens with two attached hydrogens (primary N) is 1. The Balaban J connectivity index is 2.19. The van der Waals surface area contributed by atoms with Crippen LogP contribution in [0.4, 0.5) is 5.82 Å². The van der Waals surface area contributed by atoms with Crippen LogP contribution in [0.3, 0.4) is 0 Å². The molecule has 98 valence electrons. The number of likely N-dealkylation sites (N-methyl/N-ethyl adjacent to an activating group) is 1. The summed E-state index contributed by atoms with van der Waals surface area (Å²) in [6.07, 6.45) is 0. The molecule has 0 saturated heterocycles. The van der Waals surface area contributed by atoms with Gasteiger partial charge >= 0.3 is 0 Å². The van der Waals surface area contributed by atoms with Crippen molar-refractivity contribution in [2.24, 2.45) is 5.73 Å². The maximum absolute atomic E-state index is 6.02. The number of anilines is 1. The summed E-state index contributed by atoms with van der Waals surface area (Å²) in [5, 5.41) is 12.7. The Morgan fingerprint density at radius 3 is 3.00 bits per heavy atom. The second kappa shape index (κ2) is 4.84. The Morgan fingerprint density at radius 2 is 2.21 bits per heavy atom. The first kappa shape index (κ1) is 12.5. The maximum Gasteiger partial charge on any atom is 0.172 e. The van der Waals surface area contributed by atoms with Gasteiger partial charge in [-0.25, -0.2) is 4.98 Å². The molecule has 2 N–H and O–H groups in total. The van der Waals surface area contributed by atoms with Crippen LogP contribution in [0.15, 0.2) is 12.1 Å². The van der Waals surface area contributed by atoms with Crippen molar-refractivity contribution in [3.63, 3.8) is 0 Å². The van der Waals surface area contributed by atoms with Crippen molar-refractivity contribution >= 4 is 49.2 Å². The van der Waals surface area contributed by atoms with Crippen molar-refractivity contribution in [1.82, 2.24) is 20.4 Å². The molecule has 0 atom stereocenters. The number of hydrogen-bond acceptors (Lipinski definition) is 7. The van der Waals surface area contributed by atoms with Gasteiger partial charge in [-0.15, -0.1) is 21.5 Å². The third-order valence-electron chi connectivity index (χ3n) is 2.83. The number of rotatable bonds is 3. The van der Waals surface area contributed by atoms with Gasteiger partial charge in [-0.2, -0.15) is 0 Å². The van der Waals surface area contributed by atoms with E-state index in [9.17, 15) is 0 Å². The molecule has 8 heteroatoms. The van der Waals surface area contributed by atoms with Crippen LogP contribution in [0.25, 0.3) is 20.4 Å². The van der Waals surface area contributed by atoms with Gasteiger partial charge in [0.2, 0.25) is 0 Å². The van der Waals surface area contributed by atoms with Gasteiger partial charge < -0.3 is 10.6 Å². The van der Waals surface area contributed by atoms with Gasteiger partial charge in [0, 0.05) is 25.5 Å². The summed E-state index contributed by atoms with van der Waals surface area (Å²) in [5.74, 6) is 0.876. The highest BCUT2D eigenvalue weighted by molar-refractivity contribution is 7.25. The van der Waals surface area contributed by atoms with E-state index in [0.29, 0.717) is 11.7 Å². The Kier molecular flexibility index (Phi) is 3.17. The molecule has 0 unspecified atom stereocenters. The van der Waals surface area contributed by atoms with E-state index in [2.05, 4.69) is 20.4 Å². The van der Waals surface area contributed by atoms with E-state index < -0.39 is 0 Å². The van der Waals surface area contributed by atoms with Crippen molar-refractivity contribution in [3.8, 4) is 0 Å². The standard InChI is InChI=1S/C11H11ClN6S/c1-18(5-4-13)7-3-2-6-8-9(19-11(6)14-7)10(12)16-17-15-8/h2-3H,4-5,13H2,1H3. The lowest BCUT2D eigenvalue weighted by Gasteiger charge is -2.16. The van der Waals surface area contributed by atoms with Crippen LogP contribution in [-0.2, 0) is 0 Å². The summed E-state index contributed by atoms with van der Waals surface area (Å²) in [5.41, 5.74) is 6.30. The molecule has 6 nitrogen and oxygen atoms in total. The smallest absolute Gasteiger partial charge is 0.172 e. The van der Waals surface area contributed by atoms with E-state index in [4.69, 9.17) is 17.3 Å². The summed E-state index contributed by atoms with van der Waals surface area (Å²) >= 11 is 7.49. The van der Waals surface area contributed by atoms with Gasteiger partial charge in [0.15, 0.2) is 5.15 Å². The van der Waals surface area contributed by atoms with Crippen molar-refractivity contribution < 1.29 is 0 Å². The third kappa shape index (κ3) is 2.09. The van der Waals surface area contributed by atoms with Gasteiger partial charge in [-0.1, -0.05) is 11.6 Å². The van der Waals surface area contributed by atoms with E-state index in [0.717, 1.165) is 32.8 Å². The summed E-state index contributed by atoms with van der Waals surface area (Å²) in [7, 11) is 1.96. The molecular weight excluding hydrogens is 284 g/mol. The highest BCUT2D eigenvalue weighted by atomic mass is 35.5. The van der Waals surface area contributed by atoms with Crippen molar-refractivity contribution in [3.05, 3.63) is 17.3 Å². The van der Waals surface area contributed by atoms with E-state index in [1.807, 2.05) is 24.1 Å². The van der Waals surface area contributed by atoms with Crippen LogP contribution in [-0.4, -0.2) is 40.5 Å². The molecule has 0 fully saturated rings. The van der Waals surface area contributed by atoms with Crippen molar-refractivity contribution in [2.45, 2.75) is 0 Å². The number of fused-ring (bicyclic) bond motifs is 3. The number of halogens is 1. The number of pyridine rings is 1. The zero-order valence-electron chi connectivity index (χ0n) is 10.2. The number of thiophene rings is 1. The maximum atomic E-state index is 6.02. The van der Waals surface area contributed by atoms with Gasteiger partial charge in [-0.3, -0.25) is 0 Å². The predicted octanol–water partition coefficient (Wildman–Crippen LogP) is 1.68. The molecule has 0 amide bonds. The highest BCUT2D eigenvalue weighted by Gasteiger charge is 2.13. The summed E-state index contributed by atoms with van der Waals surface area (Å²) in [6, 6.07) is 3.93. The molecule has 3 aromatic heterocycles. The van der Waals surface area contributed by atoms with E-state index in [1.54, 1.807) is 0 Å². The molecular formula is C11H11ClN6S. The lowest BCUT2D eigenvalue weighted by atomic mass is 10.3. The molecule has 0 aliphatic heterocycles. The second-order valence-electron chi connectivity index (χ2n) is 4.09. The second-order valence-corrected chi connectivity index (χ2v) is 5.45. The first-order valence-corrected chi connectivity index (χ1v) is 6.89. The highest BCUT2D eigenvalue weighted by Crippen LogP contribution is 2.34. The summed E-state index contributed by atoms with van der Waals surface area (Å²) in [6.45, 7) is 1.34. The van der Waals surface area contributed by atoms with Crippen LogP contribution in [0.2, 0.25) is 5.15 Å². The lowest BCUT2D eigenvalue weighted by molar-refractivity contribution is 0.872. The zero-order valence-corrected chi connectivity index (χ0v) is 11.7. The van der Waals surface area contributed by atoms with Crippen LogP contribution in [0.5, 0.6) is 0 Å². The van der Waals surface area contributed by atoms with Gasteiger partial charge in [-0.05, 0) is 17.3 Å². The topological polar surface area (TPSA) is 80.8 Å². The molecule has 0 radical (unpaired) electrons. The van der Waals surface area contributed by atoms with E-state index in [-0.39, 0.29) is 0 Å². The number of hydrogen-bond donors (Lipinski definition) is 1. The Bertz CT molecular complexity index is 742. The third-order valence-corrected chi connectivity index (χ3v) is 4.31. The minimum absolute atomic E-state index is 0.366. The van der Waals surface area contributed by atoms with E-state index >= 15 is 0 Å². The minimum Gasteiger partial charge on any atom is -0.358 e. The SMILES string of the molecule is CN(CCN)c1ccc2c(n1)sc1c(Cl)nnnc12. The first-order chi connectivity index (χ1) is 9.20. The molecule has 19 heavy (non-hydrogen) atoms. The lowest BCUT2D eigenvalue weighted by Crippen LogP contribution is -2.25. The molecule has 3 aromatic rings. The number of aromatic nitrogens is 4. The predicted molar refractivity (Wildman–Crippen MR) is 77.8 cm³/mol. The molecule has 3 rings (SSSR count). The fourth-order valence-corrected chi connectivity index (χ4v) is 3.09. The Morgan fingerprint density at radius 1 is 1.37 bits per heavy atom. The van der Waals surface area contributed by atoms with Crippen LogP contribution in [0, 0.1) is 0 Å². The Labute approximate surface area is 118 Å².